The van der Waals surface area contributed by atoms with Gasteiger partial charge in [0.25, 0.3) is 0 Å². The molecule has 0 rings (SSSR count). The number of ether oxygens (including phenoxy) is 3. The Balaban J connectivity index is 4.29. The van der Waals surface area contributed by atoms with Gasteiger partial charge in [0.2, 0.25) is 0 Å². The third-order valence-electron chi connectivity index (χ3n) is 14.7. The first-order valence-electron chi connectivity index (χ1n) is 33.4. The average molecular weight is 1080 g/mol. The highest BCUT2D eigenvalue weighted by molar-refractivity contribution is 5.71. The lowest BCUT2D eigenvalue weighted by Crippen LogP contribution is -2.30. The quantitative estimate of drug-likeness (QED) is 0.0261. The van der Waals surface area contributed by atoms with Crippen LogP contribution in [0.4, 0.5) is 0 Å². The molecule has 0 aliphatic rings. The number of hydrogen-bond acceptors (Lipinski definition) is 6. The lowest BCUT2D eigenvalue weighted by Gasteiger charge is -2.18. The molecular formula is C71H126O6. The molecule has 0 aromatic carbocycles. The van der Waals surface area contributed by atoms with Crippen LogP contribution in [0.5, 0.6) is 0 Å². The van der Waals surface area contributed by atoms with Crippen LogP contribution in [-0.4, -0.2) is 37.2 Å². The van der Waals surface area contributed by atoms with E-state index in [9.17, 15) is 14.4 Å². The average Bonchev–Trinajstić information content (AvgIpc) is 3.43. The highest BCUT2D eigenvalue weighted by Gasteiger charge is 2.19. The summed E-state index contributed by atoms with van der Waals surface area (Å²) in [6.07, 6.45) is 84.8. The van der Waals surface area contributed by atoms with E-state index in [0.29, 0.717) is 19.3 Å². The summed E-state index contributed by atoms with van der Waals surface area (Å²) in [4.78, 5) is 38.4. The number of rotatable bonds is 61. The van der Waals surface area contributed by atoms with E-state index >= 15 is 0 Å². The molecule has 0 saturated heterocycles. The van der Waals surface area contributed by atoms with E-state index in [1.807, 2.05) is 0 Å². The van der Waals surface area contributed by atoms with Gasteiger partial charge < -0.3 is 14.2 Å². The van der Waals surface area contributed by atoms with Gasteiger partial charge in [0.05, 0.1) is 0 Å². The minimum absolute atomic E-state index is 0.0735. The van der Waals surface area contributed by atoms with Crippen molar-refractivity contribution in [3.8, 4) is 0 Å². The molecule has 0 aromatic heterocycles. The molecule has 0 N–H and O–H groups in total. The van der Waals surface area contributed by atoms with Gasteiger partial charge in [-0.05, 0) is 89.9 Å². The van der Waals surface area contributed by atoms with Gasteiger partial charge in [0, 0.05) is 19.3 Å². The standard InChI is InChI=1S/C71H126O6/c1-4-7-10-13-16-19-22-25-27-29-31-33-34-35-36-38-39-41-43-46-49-52-55-58-61-64-70(73)76-67-68(66-75-69(72)63-60-57-54-51-48-45-24-21-18-15-12-9-6-3)77-71(74)65-62-59-56-53-50-47-44-42-40-37-32-30-28-26-23-20-17-14-11-8-5-2/h7,10,16,19,23,25-27,30-33,68H,4-6,8-9,11-15,17-18,20-22,24,28-29,34-67H2,1-3H3/b10-7-,19-16-,26-23-,27-25-,32-30-,33-31-. The van der Waals surface area contributed by atoms with Crippen LogP contribution in [0, 0.1) is 0 Å². The summed E-state index contributed by atoms with van der Waals surface area (Å²) in [6.45, 7) is 6.56. The summed E-state index contributed by atoms with van der Waals surface area (Å²) in [5, 5.41) is 0. The lowest BCUT2D eigenvalue weighted by molar-refractivity contribution is -0.167. The van der Waals surface area contributed by atoms with Gasteiger partial charge in [0.15, 0.2) is 6.10 Å². The molecule has 0 fully saturated rings. The Morgan fingerprint density at radius 1 is 0.273 bits per heavy atom. The number of carbonyl (C=O) groups is 3. The number of allylic oxidation sites excluding steroid dienone is 12. The maximum atomic E-state index is 12.9. The van der Waals surface area contributed by atoms with Crippen LogP contribution in [0.1, 0.15) is 342 Å². The Kier molecular flexibility index (Phi) is 62.7. The highest BCUT2D eigenvalue weighted by Crippen LogP contribution is 2.17. The van der Waals surface area contributed by atoms with E-state index in [-0.39, 0.29) is 31.1 Å². The molecule has 446 valence electrons. The number of unbranched alkanes of at least 4 members (excludes halogenated alkanes) is 38. The molecule has 0 aliphatic carbocycles. The summed E-state index contributed by atoms with van der Waals surface area (Å²) in [6, 6.07) is 0. The van der Waals surface area contributed by atoms with E-state index in [4.69, 9.17) is 14.2 Å². The fourth-order valence-electron chi connectivity index (χ4n) is 9.70. The van der Waals surface area contributed by atoms with Crippen molar-refractivity contribution >= 4 is 17.9 Å². The third kappa shape index (κ3) is 63.6. The van der Waals surface area contributed by atoms with Crippen LogP contribution in [-0.2, 0) is 28.6 Å². The smallest absolute Gasteiger partial charge is 0.306 e. The van der Waals surface area contributed by atoms with Gasteiger partial charge in [-0.15, -0.1) is 0 Å². The molecule has 0 saturated carbocycles. The Morgan fingerprint density at radius 2 is 0.506 bits per heavy atom. The molecule has 0 aliphatic heterocycles. The second-order valence-electron chi connectivity index (χ2n) is 22.4. The Bertz CT molecular complexity index is 1420. The normalized spacial score (nSPS) is 12.5. The molecule has 6 nitrogen and oxygen atoms in total. The van der Waals surface area contributed by atoms with E-state index in [1.54, 1.807) is 0 Å². The molecule has 0 radical (unpaired) electrons. The first kappa shape index (κ1) is 73.8. The van der Waals surface area contributed by atoms with Crippen LogP contribution in [0.15, 0.2) is 72.9 Å². The zero-order valence-electron chi connectivity index (χ0n) is 51.2. The summed E-state index contributed by atoms with van der Waals surface area (Å²) < 4.78 is 17.0. The molecule has 6 heteroatoms. The molecule has 0 aromatic rings. The number of esters is 3. The van der Waals surface area contributed by atoms with E-state index in [2.05, 4.69) is 93.7 Å². The fraction of sp³-hybridized carbons (Fsp3) is 0.789. The van der Waals surface area contributed by atoms with Crippen LogP contribution in [0.25, 0.3) is 0 Å². The second kappa shape index (κ2) is 65.4. The monoisotopic (exact) mass is 1070 g/mol. The summed E-state index contributed by atoms with van der Waals surface area (Å²) in [7, 11) is 0. The first-order valence-corrected chi connectivity index (χ1v) is 33.4. The van der Waals surface area contributed by atoms with E-state index < -0.39 is 6.10 Å². The van der Waals surface area contributed by atoms with Crippen molar-refractivity contribution in [3.63, 3.8) is 0 Å². The van der Waals surface area contributed by atoms with Gasteiger partial charge in [-0.2, -0.15) is 0 Å². The SMILES string of the molecule is CC/C=C\C/C=C\C/C=C\C/C=C\CCCCCCCCCCCCCCC(=O)OCC(COC(=O)CCCCCCCCCCCCCCC)OC(=O)CCCCCCCCCCC/C=C\C/C=C\CCCCCCC. The van der Waals surface area contributed by atoms with Crippen LogP contribution in [0.2, 0.25) is 0 Å². The maximum Gasteiger partial charge on any atom is 0.306 e. The van der Waals surface area contributed by atoms with Crippen molar-refractivity contribution < 1.29 is 28.6 Å². The molecule has 0 heterocycles. The number of hydrogen-bond donors (Lipinski definition) is 0. The molecule has 77 heavy (non-hydrogen) atoms. The van der Waals surface area contributed by atoms with Crippen LogP contribution >= 0.6 is 0 Å². The van der Waals surface area contributed by atoms with Crippen LogP contribution < -0.4 is 0 Å². The van der Waals surface area contributed by atoms with Crippen molar-refractivity contribution in [3.05, 3.63) is 72.9 Å². The van der Waals surface area contributed by atoms with Gasteiger partial charge in [0.1, 0.15) is 13.2 Å². The van der Waals surface area contributed by atoms with Crippen molar-refractivity contribution in [2.24, 2.45) is 0 Å². The Hall–Kier alpha value is -3.15. The summed E-state index contributed by atoms with van der Waals surface area (Å²) in [5.41, 5.74) is 0. The zero-order valence-corrected chi connectivity index (χ0v) is 51.2. The highest BCUT2D eigenvalue weighted by atomic mass is 16.6. The first-order chi connectivity index (χ1) is 38.0. The lowest BCUT2D eigenvalue weighted by atomic mass is 10.0. The minimum atomic E-state index is -0.777. The Morgan fingerprint density at radius 3 is 0.792 bits per heavy atom. The molecule has 1 unspecified atom stereocenters. The zero-order chi connectivity index (χ0) is 55.7. The summed E-state index contributed by atoms with van der Waals surface area (Å²) in [5.74, 6) is -0.861. The largest absolute Gasteiger partial charge is 0.462 e. The van der Waals surface area contributed by atoms with Gasteiger partial charge >= 0.3 is 17.9 Å². The Labute approximate surface area is 478 Å². The van der Waals surface area contributed by atoms with Gasteiger partial charge in [-0.3, -0.25) is 14.4 Å². The van der Waals surface area contributed by atoms with E-state index in [0.717, 1.165) is 89.9 Å². The molecule has 0 bridgehead atoms. The topological polar surface area (TPSA) is 78.9 Å². The van der Waals surface area contributed by atoms with Gasteiger partial charge in [-0.25, -0.2) is 0 Å². The summed E-state index contributed by atoms with van der Waals surface area (Å²) >= 11 is 0. The van der Waals surface area contributed by atoms with Gasteiger partial charge in [-0.1, -0.05) is 306 Å². The molecule has 1 atom stereocenters. The fourth-order valence-corrected chi connectivity index (χ4v) is 9.70. The van der Waals surface area contributed by atoms with Crippen molar-refractivity contribution in [1.29, 1.82) is 0 Å². The molecule has 0 spiro atoms. The van der Waals surface area contributed by atoms with Crippen molar-refractivity contribution in [1.82, 2.24) is 0 Å². The predicted molar refractivity (Wildman–Crippen MR) is 335 cm³/mol. The molecule has 0 amide bonds. The van der Waals surface area contributed by atoms with Crippen molar-refractivity contribution in [2.75, 3.05) is 13.2 Å². The molecular weight excluding hydrogens is 949 g/mol. The number of carbonyl (C=O) groups excluding carboxylic acids is 3. The minimum Gasteiger partial charge on any atom is -0.462 e. The van der Waals surface area contributed by atoms with Crippen molar-refractivity contribution in [2.45, 2.75) is 348 Å². The third-order valence-corrected chi connectivity index (χ3v) is 14.7. The predicted octanol–water partition coefficient (Wildman–Crippen LogP) is 22.9. The van der Waals surface area contributed by atoms with Crippen LogP contribution in [0.3, 0.4) is 0 Å². The second-order valence-corrected chi connectivity index (χ2v) is 22.4. The van der Waals surface area contributed by atoms with E-state index in [1.165, 1.54) is 212 Å². The maximum absolute atomic E-state index is 12.9.